The molecule has 0 radical (unpaired) electrons. The highest BCUT2D eigenvalue weighted by Crippen LogP contribution is 2.50. The number of β-amino-alcohol motifs (C(OH)–C–C–N with tert-alkyl or cyclic N) is 1. The van der Waals surface area contributed by atoms with Gasteiger partial charge in [-0.1, -0.05) is 18.2 Å². The van der Waals surface area contributed by atoms with Gasteiger partial charge < -0.3 is 19.6 Å². The van der Waals surface area contributed by atoms with Gasteiger partial charge in [0.2, 0.25) is 0 Å². The van der Waals surface area contributed by atoms with Crippen LogP contribution in [0.5, 0.6) is 11.5 Å². The van der Waals surface area contributed by atoms with Gasteiger partial charge >= 0.3 is 6.18 Å². The van der Waals surface area contributed by atoms with E-state index in [-0.39, 0.29) is 40.5 Å². The Kier molecular flexibility index (Phi) is 9.16. The standard InChI is InChI=1S/C33H33F4N5O2S/c34-26(27-21-45-31(40-27)24-9-13-38-39-20-24)19-23-7-8-28(44-25-5-2-1-3-6-25)29(33(35,36)37)30(23)42-14-4-10-32(22-42)11-15-41(16-12-32)17-18-43/h1-3,5-9,13,19-21,43H,4,10-12,14-18,22H2/b26-19-. The molecule has 0 saturated carbocycles. The first-order chi connectivity index (χ1) is 21.7. The Morgan fingerprint density at radius 2 is 1.82 bits per heavy atom. The van der Waals surface area contributed by atoms with Crippen molar-refractivity contribution in [2.75, 3.05) is 44.2 Å². The van der Waals surface area contributed by atoms with Crippen molar-refractivity contribution in [1.82, 2.24) is 20.1 Å². The van der Waals surface area contributed by atoms with Gasteiger partial charge in [0.1, 0.15) is 33.6 Å². The zero-order valence-corrected chi connectivity index (χ0v) is 25.3. The van der Waals surface area contributed by atoms with Crippen LogP contribution in [-0.2, 0) is 6.18 Å². The summed E-state index contributed by atoms with van der Waals surface area (Å²) in [5.41, 5.74) is -0.385. The molecule has 2 aliphatic heterocycles. The van der Waals surface area contributed by atoms with E-state index in [1.165, 1.54) is 41.2 Å². The van der Waals surface area contributed by atoms with Gasteiger partial charge in [-0.25, -0.2) is 9.37 Å². The van der Waals surface area contributed by atoms with Crippen molar-refractivity contribution >= 4 is 28.9 Å². The lowest BCUT2D eigenvalue weighted by Gasteiger charge is -2.49. The minimum absolute atomic E-state index is 0.0299. The maximum atomic E-state index is 15.9. The summed E-state index contributed by atoms with van der Waals surface area (Å²) in [5, 5.41) is 19.0. The molecule has 2 aromatic carbocycles. The first kappa shape index (κ1) is 31.1. The normalized spacial score (nSPS) is 17.5. The molecule has 2 aliphatic rings. The van der Waals surface area contributed by atoms with Crippen molar-refractivity contribution in [1.29, 1.82) is 0 Å². The third-order valence-electron chi connectivity index (χ3n) is 8.60. The highest BCUT2D eigenvalue weighted by molar-refractivity contribution is 7.13. The Morgan fingerprint density at radius 1 is 1.02 bits per heavy atom. The van der Waals surface area contributed by atoms with Crippen LogP contribution >= 0.6 is 11.3 Å². The van der Waals surface area contributed by atoms with E-state index in [1.54, 1.807) is 41.3 Å². The molecule has 236 valence electrons. The molecule has 0 aliphatic carbocycles. The highest BCUT2D eigenvalue weighted by atomic mass is 32.1. The Hall–Kier alpha value is -3.87. The third kappa shape index (κ3) is 7.03. The average molecular weight is 640 g/mol. The van der Waals surface area contributed by atoms with Crippen LogP contribution in [0.2, 0.25) is 0 Å². The number of anilines is 1. The molecule has 0 bridgehead atoms. The van der Waals surface area contributed by atoms with Gasteiger partial charge in [0.05, 0.1) is 24.7 Å². The zero-order chi connectivity index (χ0) is 31.4. The number of halogens is 4. The van der Waals surface area contributed by atoms with E-state index in [9.17, 15) is 5.11 Å². The predicted molar refractivity (Wildman–Crippen MR) is 167 cm³/mol. The maximum Gasteiger partial charge on any atom is 0.422 e. The second-order valence-electron chi connectivity index (χ2n) is 11.5. The van der Waals surface area contributed by atoms with Crippen LogP contribution < -0.4 is 9.64 Å². The molecule has 0 unspecified atom stereocenters. The van der Waals surface area contributed by atoms with Crippen LogP contribution in [0.25, 0.3) is 22.5 Å². The summed E-state index contributed by atoms with van der Waals surface area (Å²) in [6, 6.07) is 12.8. The number of ether oxygens (including phenoxy) is 1. The molecule has 2 fully saturated rings. The van der Waals surface area contributed by atoms with E-state index in [0.29, 0.717) is 36.6 Å². The number of aliphatic hydroxyl groups excluding tert-OH is 1. The van der Waals surface area contributed by atoms with E-state index in [0.717, 1.165) is 38.4 Å². The quantitative estimate of drug-likeness (QED) is 0.200. The second kappa shape index (κ2) is 13.2. The summed E-state index contributed by atoms with van der Waals surface area (Å²) >= 11 is 1.21. The maximum absolute atomic E-state index is 15.9. The molecular formula is C33H33F4N5O2S. The van der Waals surface area contributed by atoms with Crippen molar-refractivity contribution in [3.63, 3.8) is 0 Å². The summed E-state index contributed by atoms with van der Waals surface area (Å²) in [6.07, 6.45) is 2.64. The zero-order valence-electron chi connectivity index (χ0n) is 24.5. The molecule has 4 heterocycles. The van der Waals surface area contributed by atoms with Crippen LogP contribution in [0.1, 0.15) is 42.5 Å². The van der Waals surface area contributed by atoms with Crippen molar-refractivity contribution in [2.45, 2.75) is 31.9 Å². The van der Waals surface area contributed by atoms with E-state index in [1.807, 2.05) is 0 Å². The molecule has 0 atom stereocenters. The number of benzene rings is 2. The molecule has 7 nitrogen and oxygen atoms in total. The molecule has 45 heavy (non-hydrogen) atoms. The van der Waals surface area contributed by atoms with Crippen molar-refractivity contribution in [2.24, 2.45) is 5.41 Å². The fraction of sp³-hybridized carbons (Fsp3) is 0.364. The summed E-state index contributed by atoms with van der Waals surface area (Å²) in [4.78, 5) is 8.34. The topological polar surface area (TPSA) is 74.6 Å². The first-order valence-corrected chi connectivity index (χ1v) is 15.8. The number of hydrogen-bond acceptors (Lipinski definition) is 8. The lowest BCUT2D eigenvalue weighted by molar-refractivity contribution is -0.138. The number of nitrogens with zero attached hydrogens (tertiary/aromatic N) is 5. The monoisotopic (exact) mass is 639 g/mol. The number of para-hydroxylation sites is 1. The number of rotatable bonds is 8. The molecule has 2 aromatic heterocycles. The Labute approximate surface area is 262 Å². The van der Waals surface area contributed by atoms with Gasteiger partial charge in [-0.05, 0) is 80.6 Å². The van der Waals surface area contributed by atoms with Gasteiger partial charge in [-0.2, -0.15) is 23.4 Å². The molecule has 1 N–H and O–H groups in total. The smallest absolute Gasteiger partial charge is 0.422 e. The van der Waals surface area contributed by atoms with Crippen molar-refractivity contribution in [3.8, 4) is 22.1 Å². The molecule has 12 heteroatoms. The van der Waals surface area contributed by atoms with Crippen molar-refractivity contribution in [3.05, 3.63) is 83.1 Å². The molecule has 1 spiro atoms. The number of alkyl halides is 3. The largest absolute Gasteiger partial charge is 0.457 e. The Bertz CT molecular complexity index is 1620. The highest BCUT2D eigenvalue weighted by Gasteiger charge is 2.44. The molecular weight excluding hydrogens is 606 g/mol. The van der Waals surface area contributed by atoms with Gasteiger partial charge in [0, 0.05) is 36.1 Å². The van der Waals surface area contributed by atoms with Crippen molar-refractivity contribution < 1.29 is 27.4 Å². The Balaban J connectivity index is 1.42. The fourth-order valence-corrected chi connectivity index (χ4v) is 7.16. The van der Waals surface area contributed by atoms with Gasteiger partial charge in [-0.15, -0.1) is 11.3 Å². The minimum Gasteiger partial charge on any atom is -0.457 e. The van der Waals surface area contributed by atoms with E-state index >= 15 is 17.6 Å². The summed E-state index contributed by atoms with van der Waals surface area (Å²) in [6.45, 7) is 3.02. The van der Waals surface area contributed by atoms with E-state index in [4.69, 9.17) is 4.74 Å². The van der Waals surface area contributed by atoms with Crippen LogP contribution in [0.3, 0.4) is 0 Å². The third-order valence-corrected chi connectivity index (χ3v) is 9.49. The number of hydrogen-bond donors (Lipinski definition) is 1. The number of thiazole rings is 1. The van der Waals surface area contributed by atoms with E-state index in [2.05, 4.69) is 20.1 Å². The summed E-state index contributed by atoms with van der Waals surface area (Å²) in [5.74, 6) is -0.801. The number of piperidine rings is 2. The molecule has 2 saturated heterocycles. The van der Waals surface area contributed by atoms with Crippen LogP contribution in [0, 0.1) is 5.41 Å². The van der Waals surface area contributed by atoms with Crippen LogP contribution in [0.4, 0.5) is 23.2 Å². The average Bonchev–Trinajstić information content (AvgIpc) is 3.54. The fourth-order valence-electron chi connectivity index (χ4n) is 6.36. The van der Waals surface area contributed by atoms with Crippen LogP contribution in [-0.4, -0.2) is 64.5 Å². The van der Waals surface area contributed by atoms with E-state index < -0.39 is 17.6 Å². The molecule has 6 rings (SSSR count). The van der Waals surface area contributed by atoms with Crippen LogP contribution in [0.15, 0.2) is 66.3 Å². The second-order valence-corrected chi connectivity index (χ2v) is 12.4. The number of aromatic nitrogens is 3. The lowest BCUT2D eigenvalue weighted by Crippen LogP contribution is -2.50. The van der Waals surface area contributed by atoms with Gasteiger partial charge in [-0.3, -0.25) is 0 Å². The molecule has 4 aromatic rings. The predicted octanol–water partition coefficient (Wildman–Crippen LogP) is 7.55. The number of aliphatic hydroxyl groups is 1. The number of likely N-dealkylation sites (tertiary alicyclic amines) is 1. The lowest BCUT2D eigenvalue weighted by atomic mass is 9.72. The summed E-state index contributed by atoms with van der Waals surface area (Å²) in [7, 11) is 0. The molecule has 0 amide bonds. The van der Waals surface area contributed by atoms with Gasteiger partial charge in [0.15, 0.2) is 0 Å². The first-order valence-electron chi connectivity index (χ1n) is 14.9. The minimum atomic E-state index is -4.78. The Morgan fingerprint density at radius 3 is 2.53 bits per heavy atom. The SMILES string of the molecule is OCCN1CCC2(CCCN(c3c(/C=C(\F)c4csc(-c5ccnnc5)n4)ccc(Oc4ccccc4)c3C(F)(F)F)C2)CC1. The summed E-state index contributed by atoms with van der Waals surface area (Å²) < 4.78 is 67.0. The van der Waals surface area contributed by atoms with Gasteiger partial charge in [0.25, 0.3) is 0 Å².